The van der Waals surface area contributed by atoms with Crippen molar-refractivity contribution in [2.75, 3.05) is 4.90 Å². The van der Waals surface area contributed by atoms with Crippen LogP contribution < -0.4 is 9.08 Å². The molecule has 0 radical (unpaired) electrons. The molecule has 2 aromatic heterocycles. The molecule has 232 valence electrons. The van der Waals surface area contributed by atoms with Gasteiger partial charge in [0, 0.05) is 39.0 Å². The highest BCUT2D eigenvalue weighted by atomic mass is 32.2. The maximum absolute atomic E-state index is 13.5. The van der Waals surface area contributed by atoms with E-state index >= 15 is 0 Å². The molecule has 0 atom stereocenters. The first kappa shape index (κ1) is 28.7. The normalized spacial score (nSPS) is 12.3. The topological polar surface area (TPSA) is 72.9 Å². The number of furan rings is 2. The van der Waals surface area contributed by atoms with E-state index in [4.69, 9.17) is 13.0 Å². The minimum absolute atomic E-state index is 0.288. The van der Waals surface area contributed by atoms with Gasteiger partial charge in [0.15, 0.2) is 5.58 Å². The highest BCUT2D eigenvalue weighted by Gasteiger charge is 2.48. The van der Waals surface area contributed by atoms with Crippen molar-refractivity contribution in [1.82, 2.24) is 0 Å². The summed E-state index contributed by atoms with van der Waals surface area (Å²) in [5.74, 6) is -0.513. The van der Waals surface area contributed by atoms with Crippen molar-refractivity contribution in [3.63, 3.8) is 0 Å². The standard InChI is InChI=1S/C37H22F3NO5S/c38-37(39,40)47(42,43)46-27-21-31-30-20-24(23-15-17-34-29(19-23)28-13-7-8-14-33(28)44-34)16-18-35(30)45-36(31)32(22-27)41(25-9-3-1-4-10-25)26-11-5-2-6-12-26/h1-22H. The minimum atomic E-state index is -5.97. The Kier molecular flexibility index (Phi) is 6.52. The van der Waals surface area contributed by atoms with Gasteiger partial charge in [-0.3, -0.25) is 0 Å². The molecule has 0 aliphatic rings. The third kappa shape index (κ3) is 4.94. The van der Waals surface area contributed by atoms with Crippen LogP contribution in [-0.4, -0.2) is 13.9 Å². The number of alkyl halides is 3. The molecule has 0 amide bonds. The number of halogens is 3. The first-order chi connectivity index (χ1) is 22.7. The molecule has 6 aromatic carbocycles. The number of fused-ring (bicyclic) bond motifs is 6. The van der Waals surface area contributed by atoms with Gasteiger partial charge in [0.25, 0.3) is 0 Å². The number of hydrogen-bond acceptors (Lipinski definition) is 6. The van der Waals surface area contributed by atoms with E-state index < -0.39 is 21.4 Å². The quantitative estimate of drug-likeness (QED) is 0.132. The molecule has 0 aliphatic heterocycles. The molecule has 2 heterocycles. The van der Waals surface area contributed by atoms with E-state index in [1.54, 1.807) is 11.0 Å². The number of nitrogens with zero attached hydrogens (tertiary/aromatic N) is 1. The SMILES string of the molecule is O=S(=O)(Oc1cc(N(c2ccccc2)c2ccccc2)c2oc3ccc(-c4ccc5oc6ccccc6c5c4)cc3c2c1)C(F)(F)F. The average molecular weight is 650 g/mol. The van der Waals surface area contributed by atoms with Gasteiger partial charge in [-0.1, -0.05) is 66.7 Å². The van der Waals surface area contributed by atoms with Gasteiger partial charge in [0.1, 0.15) is 22.5 Å². The molecule has 0 aliphatic carbocycles. The van der Waals surface area contributed by atoms with Gasteiger partial charge in [-0.05, 0) is 71.8 Å². The zero-order valence-corrected chi connectivity index (χ0v) is 25.0. The molecule has 0 spiro atoms. The molecule has 8 rings (SSSR count). The van der Waals surface area contributed by atoms with Gasteiger partial charge in [0.05, 0.1) is 5.69 Å². The van der Waals surface area contributed by atoms with Gasteiger partial charge < -0.3 is 17.9 Å². The predicted molar refractivity (Wildman–Crippen MR) is 177 cm³/mol. The van der Waals surface area contributed by atoms with Crippen molar-refractivity contribution in [2.24, 2.45) is 0 Å². The monoisotopic (exact) mass is 649 g/mol. The van der Waals surface area contributed by atoms with E-state index in [9.17, 15) is 21.6 Å². The maximum atomic E-state index is 13.5. The van der Waals surface area contributed by atoms with Gasteiger partial charge in [-0.25, -0.2) is 0 Å². The Morgan fingerprint density at radius 1 is 0.553 bits per heavy atom. The van der Waals surface area contributed by atoms with E-state index in [-0.39, 0.29) is 5.69 Å². The van der Waals surface area contributed by atoms with Crippen LogP contribution in [0.25, 0.3) is 55.0 Å². The Bertz CT molecular complexity index is 2520. The first-order valence-electron chi connectivity index (χ1n) is 14.5. The number of anilines is 3. The van der Waals surface area contributed by atoms with Crippen LogP contribution in [0, 0.1) is 0 Å². The Hall–Kier alpha value is -5.74. The van der Waals surface area contributed by atoms with Crippen LogP contribution in [0.1, 0.15) is 0 Å². The van der Waals surface area contributed by atoms with Crippen LogP contribution in [0.5, 0.6) is 5.75 Å². The predicted octanol–water partition coefficient (Wildman–Crippen LogP) is 10.9. The lowest BCUT2D eigenvalue weighted by Crippen LogP contribution is -2.28. The van der Waals surface area contributed by atoms with Gasteiger partial charge in [-0.15, -0.1) is 0 Å². The van der Waals surface area contributed by atoms with Crippen LogP contribution >= 0.6 is 0 Å². The molecular weight excluding hydrogens is 627 g/mol. The second-order valence-electron chi connectivity index (χ2n) is 10.9. The Labute approximate surface area is 265 Å². The lowest BCUT2D eigenvalue weighted by atomic mass is 10.0. The summed E-state index contributed by atoms with van der Waals surface area (Å²) in [4.78, 5) is 1.77. The van der Waals surface area contributed by atoms with E-state index in [1.807, 2.05) is 115 Å². The number of benzene rings is 6. The van der Waals surface area contributed by atoms with Crippen molar-refractivity contribution in [3.05, 3.63) is 133 Å². The smallest absolute Gasteiger partial charge is 0.456 e. The molecule has 8 aromatic rings. The molecule has 0 saturated heterocycles. The van der Waals surface area contributed by atoms with Crippen molar-refractivity contribution in [3.8, 4) is 16.9 Å². The summed E-state index contributed by atoms with van der Waals surface area (Å²) < 4.78 is 82.0. The second kappa shape index (κ2) is 10.7. The molecule has 6 nitrogen and oxygen atoms in total. The van der Waals surface area contributed by atoms with E-state index in [0.717, 1.165) is 33.1 Å². The molecule has 0 fully saturated rings. The van der Waals surface area contributed by atoms with Crippen LogP contribution in [0.4, 0.5) is 30.2 Å². The lowest BCUT2D eigenvalue weighted by molar-refractivity contribution is -0.0500. The molecule has 0 bridgehead atoms. The van der Waals surface area contributed by atoms with E-state index in [2.05, 4.69) is 0 Å². The van der Waals surface area contributed by atoms with Crippen molar-refractivity contribution in [2.45, 2.75) is 5.51 Å². The molecule has 0 saturated carbocycles. The zero-order valence-electron chi connectivity index (χ0n) is 24.2. The molecule has 10 heteroatoms. The average Bonchev–Trinajstić information content (AvgIpc) is 3.63. The summed E-state index contributed by atoms with van der Waals surface area (Å²) in [6.07, 6.45) is 0. The Morgan fingerprint density at radius 2 is 1.09 bits per heavy atom. The maximum Gasteiger partial charge on any atom is 0.534 e. The Balaban J connectivity index is 1.37. The van der Waals surface area contributed by atoms with Crippen molar-refractivity contribution < 1.29 is 34.6 Å². The van der Waals surface area contributed by atoms with Crippen molar-refractivity contribution >= 4 is 71.1 Å². The van der Waals surface area contributed by atoms with Gasteiger partial charge >= 0.3 is 15.6 Å². The summed E-state index contributed by atoms with van der Waals surface area (Å²) in [5.41, 5.74) is -0.0207. The molecule has 47 heavy (non-hydrogen) atoms. The molecule has 0 unspecified atom stereocenters. The van der Waals surface area contributed by atoms with Crippen LogP contribution in [0.15, 0.2) is 142 Å². The highest BCUT2D eigenvalue weighted by molar-refractivity contribution is 7.88. The number of rotatable bonds is 6. The third-order valence-corrected chi connectivity index (χ3v) is 8.97. The Morgan fingerprint density at radius 3 is 1.70 bits per heavy atom. The number of para-hydroxylation sites is 3. The van der Waals surface area contributed by atoms with E-state index in [0.29, 0.717) is 33.3 Å². The second-order valence-corrected chi connectivity index (χ2v) is 12.5. The van der Waals surface area contributed by atoms with E-state index in [1.165, 1.54) is 12.1 Å². The summed E-state index contributed by atoms with van der Waals surface area (Å²) >= 11 is 0. The fourth-order valence-corrected chi connectivity index (χ4v) is 6.33. The summed E-state index contributed by atoms with van der Waals surface area (Å²) in [7, 11) is -5.97. The number of hydrogen-bond donors (Lipinski definition) is 0. The summed E-state index contributed by atoms with van der Waals surface area (Å²) in [6, 6.07) is 39.9. The van der Waals surface area contributed by atoms with Crippen molar-refractivity contribution in [1.29, 1.82) is 0 Å². The highest BCUT2D eigenvalue weighted by Crippen LogP contribution is 2.46. The zero-order chi connectivity index (χ0) is 32.3. The first-order valence-corrected chi connectivity index (χ1v) is 15.9. The fourth-order valence-electron chi connectivity index (χ4n) is 5.89. The largest absolute Gasteiger partial charge is 0.534 e. The lowest BCUT2D eigenvalue weighted by Gasteiger charge is -2.26. The summed E-state index contributed by atoms with van der Waals surface area (Å²) in [5, 5.41) is 2.84. The molecule has 0 N–H and O–H groups in total. The van der Waals surface area contributed by atoms with Crippen LogP contribution in [0.3, 0.4) is 0 Å². The van der Waals surface area contributed by atoms with Gasteiger partial charge in [0.2, 0.25) is 0 Å². The minimum Gasteiger partial charge on any atom is -0.456 e. The molecular formula is C37H22F3NO5S. The van der Waals surface area contributed by atoms with Gasteiger partial charge in [-0.2, -0.15) is 21.6 Å². The summed E-state index contributed by atoms with van der Waals surface area (Å²) in [6.45, 7) is 0. The third-order valence-electron chi connectivity index (χ3n) is 7.99. The fraction of sp³-hybridized carbons (Fsp3) is 0.0270. The van der Waals surface area contributed by atoms with Crippen LogP contribution in [0.2, 0.25) is 0 Å². The van der Waals surface area contributed by atoms with Crippen LogP contribution in [-0.2, 0) is 10.1 Å².